The molecule has 1 aliphatic carbocycles. The van der Waals surface area contributed by atoms with Crippen LogP contribution < -0.4 is 0 Å². The number of alkyl halides is 1. The van der Waals surface area contributed by atoms with Crippen molar-refractivity contribution >= 4 is 0 Å². The normalized spacial score (nSPS) is 22.8. The first-order chi connectivity index (χ1) is 12.1. The van der Waals surface area contributed by atoms with E-state index >= 15 is 0 Å². The Morgan fingerprint density at radius 2 is 1.24 bits per heavy atom. The minimum atomic E-state index is -0.785. The summed E-state index contributed by atoms with van der Waals surface area (Å²) >= 11 is 0. The molecule has 0 aliphatic heterocycles. The zero-order valence-corrected chi connectivity index (χ0v) is 17.4. The maximum atomic E-state index is 14.1. The number of halogens is 1. The van der Waals surface area contributed by atoms with Crippen LogP contribution in [-0.2, 0) is 0 Å². The van der Waals surface area contributed by atoms with Crippen LogP contribution >= 0.6 is 0 Å². The Balaban J connectivity index is 1.78. The van der Waals surface area contributed by atoms with Crippen molar-refractivity contribution in [2.45, 2.75) is 135 Å². The van der Waals surface area contributed by atoms with Gasteiger partial charge in [-0.25, -0.2) is 4.39 Å². The minimum Gasteiger partial charge on any atom is -0.244 e. The fraction of sp³-hybridized carbons (Fsp3) is 0.917. The first-order valence-corrected chi connectivity index (χ1v) is 11.4. The molecule has 0 nitrogen and oxygen atoms in total. The van der Waals surface area contributed by atoms with Crippen molar-refractivity contribution < 1.29 is 4.39 Å². The predicted molar refractivity (Wildman–Crippen MR) is 111 cm³/mol. The summed E-state index contributed by atoms with van der Waals surface area (Å²) in [6.07, 6.45) is 22.2. The third-order valence-electron chi connectivity index (χ3n) is 5.97. The van der Waals surface area contributed by atoms with Crippen LogP contribution in [0.3, 0.4) is 0 Å². The Morgan fingerprint density at radius 1 is 0.800 bits per heavy atom. The Bertz CT molecular complexity index is 327. The predicted octanol–water partition coefficient (Wildman–Crippen LogP) is 8.94. The molecule has 0 saturated heterocycles. The van der Waals surface area contributed by atoms with E-state index in [1.54, 1.807) is 0 Å². The van der Waals surface area contributed by atoms with Gasteiger partial charge in [0.1, 0.15) is 5.67 Å². The molecule has 0 unspecified atom stereocenters. The number of hydrogen-bond donors (Lipinski definition) is 0. The highest BCUT2D eigenvalue weighted by Crippen LogP contribution is 2.44. The summed E-state index contributed by atoms with van der Waals surface area (Å²) in [4.78, 5) is 0. The highest BCUT2D eigenvalue weighted by molar-refractivity contribution is 4.93. The van der Waals surface area contributed by atoms with Gasteiger partial charge in [-0.3, -0.25) is 0 Å². The molecule has 0 amide bonds. The molecule has 148 valence electrons. The lowest BCUT2D eigenvalue weighted by Gasteiger charge is -2.39. The number of unbranched alkanes of at least 4 members (excludes halogenated alkanes) is 11. The van der Waals surface area contributed by atoms with Crippen molar-refractivity contribution in [3.05, 3.63) is 12.2 Å². The molecule has 1 rings (SSSR count). The van der Waals surface area contributed by atoms with Crippen LogP contribution in [0.2, 0.25) is 0 Å². The molecule has 1 fully saturated rings. The van der Waals surface area contributed by atoms with E-state index in [0.717, 1.165) is 25.7 Å². The Labute approximate surface area is 158 Å². The fourth-order valence-corrected chi connectivity index (χ4v) is 4.37. The van der Waals surface area contributed by atoms with Gasteiger partial charge in [0, 0.05) is 0 Å². The zero-order chi connectivity index (χ0) is 18.4. The van der Waals surface area contributed by atoms with Crippen LogP contribution in [0.1, 0.15) is 129 Å². The molecule has 0 N–H and O–H groups in total. The van der Waals surface area contributed by atoms with Crippen molar-refractivity contribution in [3.8, 4) is 0 Å². The fourth-order valence-electron chi connectivity index (χ4n) is 4.37. The molecular formula is C24H45F. The second kappa shape index (κ2) is 13.8. The SMILES string of the molecule is C=C(CCCCCCCCC)CCCCCCCCC1(F)CC(C)C1. The van der Waals surface area contributed by atoms with Gasteiger partial charge in [-0.15, -0.1) is 0 Å². The van der Waals surface area contributed by atoms with E-state index in [-0.39, 0.29) is 0 Å². The van der Waals surface area contributed by atoms with Gasteiger partial charge in [-0.1, -0.05) is 96.6 Å². The molecule has 0 heterocycles. The molecule has 0 aromatic carbocycles. The van der Waals surface area contributed by atoms with E-state index < -0.39 is 5.67 Å². The Morgan fingerprint density at radius 3 is 1.72 bits per heavy atom. The van der Waals surface area contributed by atoms with Crippen LogP contribution in [-0.4, -0.2) is 5.67 Å². The van der Waals surface area contributed by atoms with Crippen molar-refractivity contribution in [2.24, 2.45) is 5.92 Å². The Hall–Kier alpha value is -0.330. The molecule has 1 heteroatoms. The van der Waals surface area contributed by atoms with Gasteiger partial charge in [0.05, 0.1) is 0 Å². The van der Waals surface area contributed by atoms with Crippen LogP contribution in [0.25, 0.3) is 0 Å². The molecule has 25 heavy (non-hydrogen) atoms. The van der Waals surface area contributed by atoms with Crippen molar-refractivity contribution in [1.29, 1.82) is 0 Å². The van der Waals surface area contributed by atoms with E-state index in [9.17, 15) is 4.39 Å². The van der Waals surface area contributed by atoms with Crippen LogP contribution in [0.5, 0.6) is 0 Å². The largest absolute Gasteiger partial charge is 0.244 e. The average molecular weight is 353 g/mol. The van der Waals surface area contributed by atoms with E-state index in [0.29, 0.717) is 5.92 Å². The van der Waals surface area contributed by atoms with Crippen LogP contribution in [0, 0.1) is 5.92 Å². The first kappa shape index (κ1) is 22.7. The van der Waals surface area contributed by atoms with E-state index in [1.165, 1.54) is 95.5 Å². The van der Waals surface area contributed by atoms with Gasteiger partial charge >= 0.3 is 0 Å². The third kappa shape index (κ3) is 11.8. The summed E-state index contributed by atoms with van der Waals surface area (Å²) in [5.41, 5.74) is 0.680. The zero-order valence-electron chi connectivity index (χ0n) is 17.4. The highest BCUT2D eigenvalue weighted by atomic mass is 19.1. The molecular weight excluding hydrogens is 307 g/mol. The van der Waals surface area contributed by atoms with Crippen molar-refractivity contribution in [1.82, 2.24) is 0 Å². The van der Waals surface area contributed by atoms with Gasteiger partial charge in [0.25, 0.3) is 0 Å². The molecule has 1 saturated carbocycles. The number of allylic oxidation sites excluding steroid dienone is 1. The molecule has 0 atom stereocenters. The van der Waals surface area contributed by atoms with Crippen molar-refractivity contribution in [2.75, 3.05) is 0 Å². The third-order valence-corrected chi connectivity index (χ3v) is 5.97. The lowest BCUT2D eigenvalue weighted by Crippen LogP contribution is -2.38. The smallest absolute Gasteiger partial charge is 0.111 e. The standard InChI is InChI=1S/C24H45F/c1-4-5-6-7-8-11-14-17-22(2)18-15-12-9-10-13-16-19-24(25)20-23(3)21-24/h23H,2,4-21H2,1,3H3. The minimum absolute atomic E-state index is 0.624. The highest BCUT2D eigenvalue weighted by Gasteiger charge is 2.41. The van der Waals surface area contributed by atoms with E-state index in [4.69, 9.17) is 0 Å². The van der Waals surface area contributed by atoms with Gasteiger partial charge in [0.2, 0.25) is 0 Å². The number of rotatable bonds is 17. The summed E-state index contributed by atoms with van der Waals surface area (Å²) in [6.45, 7) is 8.70. The summed E-state index contributed by atoms with van der Waals surface area (Å²) in [5, 5.41) is 0. The molecule has 0 bridgehead atoms. The van der Waals surface area contributed by atoms with Gasteiger partial charge in [-0.05, 0) is 50.9 Å². The summed E-state index contributed by atoms with van der Waals surface area (Å²) in [6, 6.07) is 0. The molecule has 0 radical (unpaired) electrons. The molecule has 0 spiro atoms. The average Bonchev–Trinajstić information content (AvgIpc) is 2.55. The monoisotopic (exact) mass is 352 g/mol. The topological polar surface area (TPSA) is 0 Å². The van der Waals surface area contributed by atoms with Gasteiger partial charge < -0.3 is 0 Å². The van der Waals surface area contributed by atoms with Gasteiger partial charge in [0.15, 0.2) is 0 Å². The first-order valence-electron chi connectivity index (χ1n) is 11.4. The Kier molecular flexibility index (Phi) is 12.6. The molecule has 0 aromatic rings. The second-order valence-electron chi connectivity index (χ2n) is 8.91. The number of hydrogen-bond acceptors (Lipinski definition) is 0. The summed E-state index contributed by atoms with van der Waals surface area (Å²) < 4.78 is 14.1. The quantitative estimate of drug-likeness (QED) is 0.181. The van der Waals surface area contributed by atoms with E-state index in [2.05, 4.69) is 20.4 Å². The maximum absolute atomic E-state index is 14.1. The lowest BCUT2D eigenvalue weighted by molar-refractivity contribution is 0.00538. The van der Waals surface area contributed by atoms with Crippen molar-refractivity contribution in [3.63, 3.8) is 0 Å². The van der Waals surface area contributed by atoms with E-state index in [1.807, 2.05) is 0 Å². The molecule has 1 aliphatic rings. The van der Waals surface area contributed by atoms with Gasteiger partial charge in [-0.2, -0.15) is 0 Å². The van der Waals surface area contributed by atoms with Crippen LogP contribution in [0.15, 0.2) is 12.2 Å². The van der Waals surface area contributed by atoms with Crippen LogP contribution in [0.4, 0.5) is 4.39 Å². The summed E-state index contributed by atoms with van der Waals surface area (Å²) in [7, 11) is 0. The molecule has 0 aromatic heterocycles. The summed E-state index contributed by atoms with van der Waals surface area (Å²) in [5.74, 6) is 0.624. The second-order valence-corrected chi connectivity index (χ2v) is 8.91. The lowest BCUT2D eigenvalue weighted by atomic mass is 9.71. The maximum Gasteiger partial charge on any atom is 0.111 e.